The van der Waals surface area contributed by atoms with Gasteiger partial charge in [-0.25, -0.2) is 4.79 Å². The summed E-state index contributed by atoms with van der Waals surface area (Å²) < 4.78 is 5.55. The molecule has 170 valence electrons. The lowest BCUT2D eigenvalue weighted by atomic mass is 9.97. The minimum atomic E-state index is -0.994. The molecule has 32 heavy (non-hydrogen) atoms. The highest BCUT2D eigenvalue weighted by atomic mass is 16.5. The number of aliphatic carboxylic acids is 1. The zero-order valence-electron chi connectivity index (χ0n) is 18.9. The SMILES string of the molecule is CC(C)(CC(=O)O)NC(=O)CC(C)(C)NC(=O)OCC1c2ccccc2-c2ccccc21. The van der Waals surface area contributed by atoms with Crippen molar-refractivity contribution >= 4 is 18.0 Å². The van der Waals surface area contributed by atoms with Gasteiger partial charge in [-0.2, -0.15) is 0 Å². The fourth-order valence-electron chi connectivity index (χ4n) is 4.20. The van der Waals surface area contributed by atoms with Gasteiger partial charge in [-0.15, -0.1) is 0 Å². The van der Waals surface area contributed by atoms with E-state index in [1.165, 1.54) is 0 Å². The number of nitrogens with one attached hydrogen (secondary N) is 2. The van der Waals surface area contributed by atoms with Crippen molar-refractivity contribution in [2.75, 3.05) is 6.61 Å². The second kappa shape index (κ2) is 9.02. The first-order valence-corrected chi connectivity index (χ1v) is 10.6. The molecule has 2 amide bonds. The molecule has 0 aliphatic heterocycles. The molecule has 0 spiro atoms. The zero-order valence-corrected chi connectivity index (χ0v) is 18.9. The van der Waals surface area contributed by atoms with Crippen LogP contribution >= 0.6 is 0 Å². The van der Waals surface area contributed by atoms with Crippen LogP contribution in [0.5, 0.6) is 0 Å². The standard InChI is InChI=1S/C25H30N2O5/c1-24(2,13-21(28)26-25(3,4)14-22(29)30)27-23(31)32-15-20-18-11-7-5-9-16(18)17-10-6-8-12-19(17)20/h5-12,20H,13-15H2,1-4H3,(H,26,28)(H,27,31)(H,29,30). The van der Waals surface area contributed by atoms with Crippen LogP contribution in [0.25, 0.3) is 11.1 Å². The maximum absolute atomic E-state index is 12.5. The molecule has 1 aliphatic rings. The lowest BCUT2D eigenvalue weighted by Gasteiger charge is -2.29. The molecule has 0 saturated heterocycles. The summed E-state index contributed by atoms with van der Waals surface area (Å²) in [5, 5.41) is 14.4. The Labute approximate surface area is 188 Å². The van der Waals surface area contributed by atoms with E-state index in [9.17, 15) is 14.4 Å². The van der Waals surface area contributed by atoms with Crippen molar-refractivity contribution in [1.29, 1.82) is 0 Å². The summed E-state index contributed by atoms with van der Waals surface area (Å²) >= 11 is 0. The number of rotatable bonds is 8. The summed E-state index contributed by atoms with van der Waals surface area (Å²) in [6.07, 6.45) is -0.811. The van der Waals surface area contributed by atoms with E-state index in [4.69, 9.17) is 9.84 Å². The monoisotopic (exact) mass is 438 g/mol. The second-order valence-corrected chi connectivity index (χ2v) is 9.51. The normalized spacial score (nSPS) is 13.1. The predicted octanol–water partition coefficient (Wildman–Crippen LogP) is 4.06. The molecule has 0 radical (unpaired) electrons. The van der Waals surface area contributed by atoms with Crippen LogP contribution in [0.2, 0.25) is 0 Å². The van der Waals surface area contributed by atoms with Crippen molar-refractivity contribution in [3.63, 3.8) is 0 Å². The minimum Gasteiger partial charge on any atom is -0.481 e. The van der Waals surface area contributed by atoms with Crippen LogP contribution in [0.15, 0.2) is 48.5 Å². The average Bonchev–Trinajstić information content (AvgIpc) is 2.97. The fourth-order valence-corrected chi connectivity index (χ4v) is 4.20. The fraction of sp³-hybridized carbons (Fsp3) is 0.400. The molecule has 2 aromatic carbocycles. The number of carboxylic acids is 1. The number of benzene rings is 2. The topological polar surface area (TPSA) is 105 Å². The lowest BCUT2D eigenvalue weighted by molar-refractivity contribution is -0.138. The number of carboxylic acid groups (broad SMARTS) is 1. The van der Waals surface area contributed by atoms with Crippen molar-refractivity contribution in [2.24, 2.45) is 0 Å². The molecule has 3 N–H and O–H groups in total. The molecule has 0 saturated carbocycles. The Morgan fingerprint density at radius 1 is 0.844 bits per heavy atom. The first-order chi connectivity index (χ1) is 15.0. The van der Waals surface area contributed by atoms with E-state index in [2.05, 4.69) is 34.9 Å². The van der Waals surface area contributed by atoms with Gasteiger partial charge in [-0.05, 0) is 49.9 Å². The van der Waals surface area contributed by atoms with Crippen LogP contribution in [0.4, 0.5) is 4.79 Å². The first kappa shape index (κ1) is 23.3. The van der Waals surface area contributed by atoms with Gasteiger partial charge in [0, 0.05) is 23.4 Å². The Kier molecular flexibility index (Phi) is 6.57. The van der Waals surface area contributed by atoms with Crippen LogP contribution in [0.3, 0.4) is 0 Å². The number of carbonyl (C=O) groups excluding carboxylic acids is 2. The third-order valence-corrected chi connectivity index (χ3v) is 5.46. The predicted molar refractivity (Wildman–Crippen MR) is 121 cm³/mol. The van der Waals surface area contributed by atoms with Gasteiger partial charge in [0.15, 0.2) is 0 Å². The summed E-state index contributed by atoms with van der Waals surface area (Å²) in [5.74, 6) is -1.39. The maximum atomic E-state index is 12.5. The number of fused-ring (bicyclic) bond motifs is 3. The third-order valence-electron chi connectivity index (χ3n) is 5.46. The lowest BCUT2D eigenvalue weighted by Crippen LogP contribution is -2.51. The summed E-state index contributed by atoms with van der Waals surface area (Å²) in [6, 6.07) is 16.2. The molecule has 0 unspecified atom stereocenters. The van der Waals surface area contributed by atoms with Crippen LogP contribution in [-0.2, 0) is 14.3 Å². The van der Waals surface area contributed by atoms with Gasteiger partial charge in [-0.1, -0.05) is 48.5 Å². The van der Waals surface area contributed by atoms with Gasteiger partial charge < -0.3 is 20.5 Å². The van der Waals surface area contributed by atoms with Crippen molar-refractivity contribution in [2.45, 2.75) is 57.5 Å². The van der Waals surface area contributed by atoms with Gasteiger partial charge >= 0.3 is 12.1 Å². The molecular formula is C25H30N2O5. The van der Waals surface area contributed by atoms with Gasteiger partial charge in [0.2, 0.25) is 5.91 Å². The maximum Gasteiger partial charge on any atom is 0.407 e. The van der Waals surface area contributed by atoms with Crippen molar-refractivity contribution < 1.29 is 24.2 Å². The van der Waals surface area contributed by atoms with Gasteiger partial charge in [0.1, 0.15) is 6.61 Å². The summed E-state index contributed by atoms with van der Waals surface area (Å²) in [7, 11) is 0. The van der Waals surface area contributed by atoms with E-state index in [-0.39, 0.29) is 31.3 Å². The number of hydrogen-bond donors (Lipinski definition) is 3. The molecule has 3 rings (SSSR count). The van der Waals surface area contributed by atoms with Crippen molar-refractivity contribution in [3.05, 3.63) is 59.7 Å². The van der Waals surface area contributed by atoms with E-state index in [1.54, 1.807) is 27.7 Å². The highest BCUT2D eigenvalue weighted by Crippen LogP contribution is 2.44. The van der Waals surface area contributed by atoms with E-state index in [0.29, 0.717) is 0 Å². The Morgan fingerprint density at radius 3 is 1.88 bits per heavy atom. The van der Waals surface area contributed by atoms with Gasteiger partial charge in [0.05, 0.1) is 6.42 Å². The molecule has 1 aliphatic carbocycles. The highest BCUT2D eigenvalue weighted by molar-refractivity contribution is 5.81. The number of ether oxygens (including phenoxy) is 1. The first-order valence-electron chi connectivity index (χ1n) is 10.6. The molecule has 7 nitrogen and oxygen atoms in total. The van der Waals surface area contributed by atoms with Crippen LogP contribution in [0.1, 0.15) is 57.6 Å². The summed E-state index contributed by atoms with van der Waals surface area (Å²) in [4.78, 5) is 35.8. The van der Waals surface area contributed by atoms with Crippen LogP contribution < -0.4 is 10.6 Å². The molecule has 0 heterocycles. The van der Waals surface area contributed by atoms with Gasteiger partial charge in [0.25, 0.3) is 0 Å². The third kappa shape index (κ3) is 5.66. The summed E-state index contributed by atoms with van der Waals surface area (Å²) in [6.45, 7) is 6.92. The zero-order chi connectivity index (χ0) is 23.5. The Morgan fingerprint density at radius 2 is 1.34 bits per heavy atom. The average molecular weight is 439 g/mol. The van der Waals surface area contributed by atoms with Crippen LogP contribution in [-0.4, -0.2) is 40.8 Å². The Bertz CT molecular complexity index is 983. The van der Waals surface area contributed by atoms with Crippen LogP contribution in [0, 0.1) is 0 Å². The smallest absolute Gasteiger partial charge is 0.407 e. The van der Waals surface area contributed by atoms with E-state index < -0.39 is 23.1 Å². The number of hydrogen-bond acceptors (Lipinski definition) is 4. The van der Waals surface area contributed by atoms with Crippen molar-refractivity contribution in [3.8, 4) is 11.1 Å². The molecular weight excluding hydrogens is 408 g/mol. The van der Waals surface area contributed by atoms with E-state index in [0.717, 1.165) is 22.3 Å². The largest absolute Gasteiger partial charge is 0.481 e. The van der Waals surface area contributed by atoms with E-state index >= 15 is 0 Å². The highest BCUT2D eigenvalue weighted by Gasteiger charge is 2.31. The van der Waals surface area contributed by atoms with Crippen molar-refractivity contribution in [1.82, 2.24) is 10.6 Å². The number of amides is 2. The Balaban J connectivity index is 1.58. The van der Waals surface area contributed by atoms with Gasteiger partial charge in [-0.3, -0.25) is 9.59 Å². The molecule has 0 fully saturated rings. The molecule has 0 atom stereocenters. The summed E-state index contributed by atoms with van der Waals surface area (Å²) in [5.41, 5.74) is 2.80. The molecule has 0 aromatic heterocycles. The van der Waals surface area contributed by atoms with E-state index in [1.807, 2.05) is 24.3 Å². The minimum absolute atomic E-state index is 0.0136. The number of alkyl carbamates (subject to hydrolysis) is 1. The molecule has 0 bridgehead atoms. The molecule has 2 aromatic rings. The quantitative estimate of drug-likeness (QED) is 0.576. The Hall–Kier alpha value is -3.35. The second-order valence-electron chi connectivity index (χ2n) is 9.51. The number of carbonyl (C=O) groups is 3. The molecule has 7 heteroatoms.